The van der Waals surface area contributed by atoms with Crippen LogP contribution < -0.4 is 0 Å². The first-order chi connectivity index (χ1) is 8.84. The molecule has 1 saturated heterocycles. The Morgan fingerprint density at radius 3 is 2.47 bits per heavy atom. The first-order valence-corrected chi connectivity index (χ1v) is 9.07. The second kappa shape index (κ2) is 5.68. The van der Waals surface area contributed by atoms with E-state index in [4.69, 9.17) is 16.0 Å². The predicted molar refractivity (Wildman–Crippen MR) is 78.3 cm³/mol. The molecule has 0 spiro atoms. The molecule has 1 aromatic heterocycles. The lowest BCUT2D eigenvalue weighted by Gasteiger charge is -2.33. The highest BCUT2D eigenvalue weighted by molar-refractivity contribution is 8.00. The maximum Gasteiger partial charge on any atom is 0.246 e. The van der Waals surface area contributed by atoms with Crippen LogP contribution in [0.2, 0.25) is 0 Å². The molecule has 0 radical (unpaired) electrons. The van der Waals surface area contributed by atoms with Crippen LogP contribution in [0.5, 0.6) is 0 Å². The van der Waals surface area contributed by atoms with Crippen LogP contribution in [-0.4, -0.2) is 36.3 Å². The van der Waals surface area contributed by atoms with Gasteiger partial charge in [0.1, 0.15) is 16.4 Å². The molecule has 0 N–H and O–H groups in total. The van der Waals surface area contributed by atoms with Gasteiger partial charge < -0.3 is 4.42 Å². The number of sulfonamides is 1. The fraction of sp³-hybridized carbons (Fsp3) is 0.667. The van der Waals surface area contributed by atoms with E-state index in [1.807, 2.05) is 11.8 Å². The standard InChI is InChI=1S/C12H18ClNO3S2/c1-8-6-14(7-9(2)18-8)19(15,16)12-4-11(5-13)17-10(12)3/h4,8-9H,5-7H2,1-3H3. The van der Waals surface area contributed by atoms with E-state index in [9.17, 15) is 8.42 Å². The van der Waals surface area contributed by atoms with E-state index in [-0.39, 0.29) is 10.8 Å². The van der Waals surface area contributed by atoms with Crippen molar-refractivity contribution in [2.45, 2.75) is 42.0 Å². The zero-order valence-corrected chi connectivity index (χ0v) is 13.6. The molecule has 4 nitrogen and oxygen atoms in total. The zero-order valence-electron chi connectivity index (χ0n) is 11.2. The van der Waals surface area contributed by atoms with Crippen molar-refractivity contribution in [1.82, 2.24) is 4.31 Å². The van der Waals surface area contributed by atoms with Gasteiger partial charge >= 0.3 is 0 Å². The Morgan fingerprint density at radius 2 is 2.00 bits per heavy atom. The van der Waals surface area contributed by atoms with Gasteiger partial charge in [0.05, 0.1) is 5.88 Å². The third-order valence-electron chi connectivity index (χ3n) is 3.06. The highest BCUT2D eigenvalue weighted by atomic mass is 35.5. The maximum absolute atomic E-state index is 12.6. The van der Waals surface area contributed by atoms with E-state index in [0.717, 1.165) is 0 Å². The Balaban J connectivity index is 2.33. The SMILES string of the molecule is Cc1oc(CCl)cc1S(=O)(=O)N1CC(C)SC(C)C1. The average Bonchev–Trinajstić information content (AvgIpc) is 2.70. The number of halogens is 1. The van der Waals surface area contributed by atoms with Crippen LogP contribution in [-0.2, 0) is 15.9 Å². The van der Waals surface area contributed by atoms with Crippen molar-refractivity contribution in [2.24, 2.45) is 0 Å². The quantitative estimate of drug-likeness (QED) is 0.803. The van der Waals surface area contributed by atoms with Gasteiger partial charge in [0.15, 0.2) is 0 Å². The van der Waals surface area contributed by atoms with Gasteiger partial charge in [-0.25, -0.2) is 8.42 Å². The van der Waals surface area contributed by atoms with Crippen LogP contribution in [0, 0.1) is 6.92 Å². The topological polar surface area (TPSA) is 50.5 Å². The molecule has 2 heterocycles. The molecule has 108 valence electrons. The van der Waals surface area contributed by atoms with Crippen LogP contribution in [0.1, 0.15) is 25.4 Å². The van der Waals surface area contributed by atoms with Crippen molar-refractivity contribution in [2.75, 3.05) is 13.1 Å². The Bertz CT molecular complexity index is 545. The zero-order chi connectivity index (χ0) is 14.2. The van der Waals surface area contributed by atoms with Crippen molar-refractivity contribution < 1.29 is 12.8 Å². The molecule has 1 aliphatic heterocycles. The summed E-state index contributed by atoms with van der Waals surface area (Å²) in [7, 11) is -3.48. The molecule has 0 aliphatic carbocycles. The van der Waals surface area contributed by atoms with Crippen molar-refractivity contribution in [1.29, 1.82) is 0 Å². The lowest BCUT2D eigenvalue weighted by atomic mass is 10.4. The molecule has 0 saturated carbocycles. The summed E-state index contributed by atoms with van der Waals surface area (Å²) in [5, 5.41) is 0.608. The molecule has 0 amide bonds. The van der Waals surface area contributed by atoms with Gasteiger partial charge in [-0.2, -0.15) is 16.1 Å². The lowest BCUT2D eigenvalue weighted by Crippen LogP contribution is -2.43. The second-order valence-corrected chi connectivity index (χ2v) is 8.90. The number of hydrogen-bond donors (Lipinski definition) is 0. The van der Waals surface area contributed by atoms with Crippen molar-refractivity contribution in [3.63, 3.8) is 0 Å². The van der Waals surface area contributed by atoms with Crippen molar-refractivity contribution >= 4 is 33.4 Å². The molecule has 2 unspecified atom stereocenters. The van der Waals surface area contributed by atoms with E-state index in [2.05, 4.69) is 13.8 Å². The van der Waals surface area contributed by atoms with Gasteiger partial charge in [-0.1, -0.05) is 13.8 Å². The van der Waals surface area contributed by atoms with Gasteiger partial charge in [0, 0.05) is 29.7 Å². The Kier molecular flexibility index (Phi) is 4.55. The molecule has 1 aliphatic rings. The Labute approximate surface area is 123 Å². The Morgan fingerprint density at radius 1 is 1.42 bits per heavy atom. The number of aryl methyl sites for hydroxylation is 1. The minimum Gasteiger partial charge on any atom is -0.464 e. The van der Waals surface area contributed by atoms with Gasteiger partial charge in [-0.05, 0) is 6.92 Å². The number of nitrogens with zero attached hydrogens (tertiary/aromatic N) is 1. The normalized spacial score (nSPS) is 25.7. The predicted octanol–water partition coefficient (Wildman–Crippen LogP) is 2.84. The molecule has 2 atom stereocenters. The van der Waals surface area contributed by atoms with E-state index in [1.165, 1.54) is 6.07 Å². The number of hydrogen-bond acceptors (Lipinski definition) is 4. The molecule has 0 aromatic carbocycles. The summed E-state index contributed by atoms with van der Waals surface area (Å²) in [5.74, 6) is 1.08. The highest BCUT2D eigenvalue weighted by Gasteiger charge is 2.34. The third-order valence-corrected chi connectivity index (χ3v) is 6.49. The Hall–Kier alpha value is -0.170. The maximum atomic E-state index is 12.6. The molecule has 0 bridgehead atoms. The minimum atomic E-state index is -3.48. The monoisotopic (exact) mass is 323 g/mol. The second-order valence-electron chi connectivity index (χ2n) is 4.85. The van der Waals surface area contributed by atoms with Crippen LogP contribution in [0.3, 0.4) is 0 Å². The van der Waals surface area contributed by atoms with Gasteiger partial charge in [0.2, 0.25) is 10.0 Å². The number of furan rings is 1. The van der Waals surface area contributed by atoms with Gasteiger partial charge in [0.25, 0.3) is 0 Å². The van der Waals surface area contributed by atoms with Crippen LogP contribution in [0.4, 0.5) is 0 Å². The van der Waals surface area contributed by atoms with Gasteiger partial charge in [-0.3, -0.25) is 0 Å². The average molecular weight is 324 g/mol. The van der Waals surface area contributed by atoms with Crippen LogP contribution in [0.15, 0.2) is 15.4 Å². The van der Waals surface area contributed by atoms with E-state index < -0.39 is 10.0 Å². The number of thioether (sulfide) groups is 1. The molecule has 1 aromatic rings. The van der Waals surface area contributed by atoms with Crippen LogP contribution >= 0.6 is 23.4 Å². The molecule has 2 rings (SSSR count). The smallest absolute Gasteiger partial charge is 0.246 e. The first-order valence-electron chi connectivity index (χ1n) is 6.15. The van der Waals surface area contributed by atoms with Crippen LogP contribution in [0.25, 0.3) is 0 Å². The first kappa shape index (κ1) is 15.2. The largest absolute Gasteiger partial charge is 0.464 e. The van der Waals surface area contributed by atoms with Crippen molar-refractivity contribution in [3.05, 3.63) is 17.6 Å². The fourth-order valence-corrected chi connectivity index (χ4v) is 5.76. The summed E-state index contributed by atoms with van der Waals surface area (Å²) < 4.78 is 32.2. The summed E-state index contributed by atoms with van der Waals surface area (Å²) in [5.41, 5.74) is 0. The molecular formula is C12H18ClNO3S2. The van der Waals surface area contributed by atoms with E-state index >= 15 is 0 Å². The van der Waals surface area contributed by atoms with E-state index in [0.29, 0.717) is 35.1 Å². The summed E-state index contributed by atoms with van der Waals surface area (Å²) in [4.78, 5) is 0.245. The lowest BCUT2D eigenvalue weighted by molar-refractivity contribution is 0.402. The van der Waals surface area contributed by atoms with Gasteiger partial charge in [-0.15, -0.1) is 11.6 Å². The van der Waals surface area contributed by atoms with Crippen molar-refractivity contribution in [3.8, 4) is 0 Å². The minimum absolute atomic E-state index is 0.180. The van der Waals surface area contributed by atoms with E-state index in [1.54, 1.807) is 11.2 Å². The third kappa shape index (κ3) is 3.12. The highest BCUT2D eigenvalue weighted by Crippen LogP contribution is 2.31. The fourth-order valence-electron chi connectivity index (χ4n) is 2.31. The number of alkyl halides is 1. The molecule has 7 heteroatoms. The molecule has 1 fully saturated rings. The number of rotatable bonds is 3. The molecule has 19 heavy (non-hydrogen) atoms. The molecular weight excluding hydrogens is 306 g/mol. The summed E-state index contributed by atoms with van der Waals surface area (Å²) >= 11 is 7.51. The summed E-state index contributed by atoms with van der Waals surface area (Å²) in [6, 6.07) is 1.54. The summed E-state index contributed by atoms with van der Waals surface area (Å²) in [6.45, 7) is 6.84. The summed E-state index contributed by atoms with van der Waals surface area (Å²) in [6.07, 6.45) is 0.